The maximum absolute atomic E-state index is 13.6. The molecule has 3 aromatic rings. The topological polar surface area (TPSA) is 116 Å². The summed E-state index contributed by atoms with van der Waals surface area (Å²) in [5, 5.41) is 3.98. The van der Waals surface area contributed by atoms with Crippen molar-refractivity contribution in [3.63, 3.8) is 0 Å². The van der Waals surface area contributed by atoms with E-state index < -0.39 is 22.5 Å². The summed E-state index contributed by atoms with van der Waals surface area (Å²) in [6, 6.07) is 18.8. The van der Waals surface area contributed by atoms with Crippen LogP contribution in [-0.2, 0) is 21.2 Å². The molecule has 0 aliphatic carbocycles. The highest BCUT2D eigenvalue weighted by Crippen LogP contribution is 2.30. The monoisotopic (exact) mass is 541 g/mol. The standard InChI is InChI=1S/C27H31N3O7S/c1-34-22-10-12-24(35-2)21(16-22)18-28-29-27(31)19-30(15-14-20-8-6-5-7-9-20)38(32,33)23-11-13-25(36-3)26(17-23)37-4/h5-13,16-18H,14-15,19H2,1-4H3,(H,29,31)/b28-18-. The summed E-state index contributed by atoms with van der Waals surface area (Å²) in [4.78, 5) is 12.8. The summed E-state index contributed by atoms with van der Waals surface area (Å²) in [6.45, 7) is -0.377. The Hall–Kier alpha value is -4.09. The van der Waals surface area contributed by atoms with Gasteiger partial charge in [0.25, 0.3) is 5.91 Å². The lowest BCUT2D eigenvalue weighted by atomic mass is 10.1. The molecule has 202 valence electrons. The van der Waals surface area contributed by atoms with E-state index in [1.54, 1.807) is 18.2 Å². The van der Waals surface area contributed by atoms with E-state index in [0.717, 1.165) is 9.87 Å². The molecule has 0 aromatic heterocycles. The molecule has 0 saturated carbocycles. The fourth-order valence-corrected chi connectivity index (χ4v) is 5.03. The Morgan fingerprint density at radius 3 is 2.21 bits per heavy atom. The van der Waals surface area contributed by atoms with E-state index in [1.165, 1.54) is 52.9 Å². The van der Waals surface area contributed by atoms with Gasteiger partial charge in [0.05, 0.1) is 46.1 Å². The number of nitrogens with one attached hydrogen (secondary N) is 1. The van der Waals surface area contributed by atoms with Crippen LogP contribution in [0.4, 0.5) is 0 Å². The van der Waals surface area contributed by atoms with Gasteiger partial charge in [-0.1, -0.05) is 30.3 Å². The highest BCUT2D eigenvalue weighted by atomic mass is 32.2. The molecule has 3 rings (SSSR count). The fraction of sp³-hybridized carbons (Fsp3) is 0.259. The van der Waals surface area contributed by atoms with Crippen LogP contribution in [0.2, 0.25) is 0 Å². The SMILES string of the molecule is COc1ccc(OC)c(/C=N\NC(=O)CN(CCc2ccccc2)S(=O)(=O)c2ccc(OC)c(OC)c2)c1. The zero-order chi connectivity index (χ0) is 27.5. The largest absolute Gasteiger partial charge is 0.497 e. The average Bonchev–Trinajstić information content (AvgIpc) is 2.95. The van der Waals surface area contributed by atoms with Crippen molar-refractivity contribution in [3.8, 4) is 23.0 Å². The molecule has 3 aromatic carbocycles. The number of benzene rings is 3. The quantitative estimate of drug-likeness (QED) is 0.261. The smallest absolute Gasteiger partial charge is 0.255 e. The van der Waals surface area contributed by atoms with Crippen LogP contribution >= 0.6 is 0 Å². The third kappa shape index (κ3) is 7.24. The van der Waals surface area contributed by atoms with Crippen molar-refractivity contribution in [1.29, 1.82) is 0 Å². The van der Waals surface area contributed by atoms with E-state index in [2.05, 4.69) is 10.5 Å². The van der Waals surface area contributed by atoms with Gasteiger partial charge in [-0.05, 0) is 42.3 Å². The minimum Gasteiger partial charge on any atom is -0.497 e. The predicted octanol–water partition coefficient (Wildman–Crippen LogP) is 3.10. The number of hydrogen-bond donors (Lipinski definition) is 1. The van der Waals surface area contributed by atoms with Crippen LogP contribution in [-0.4, -0.2) is 66.4 Å². The lowest BCUT2D eigenvalue weighted by molar-refractivity contribution is -0.121. The molecule has 0 atom stereocenters. The number of methoxy groups -OCH3 is 4. The van der Waals surface area contributed by atoms with E-state index in [-0.39, 0.29) is 17.2 Å². The van der Waals surface area contributed by atoms with Crippen LogP contribution in [0.15, 0.2) is 76.7 Å². The van der Waals surface area contributed by atoms with Crippen LogP contribution in [0, 0.1) is 0 Å². The van der Waals surface area contributed by atoms with Crippen LogP contribution < -0.4 is 24.4 Å². The molecule has 10 nitrogen and oxygen atoms in total. The molecule has 11 heteroatoms. The molecule has 0 heterocycles. The molecular weight excluding hydrogens is 510 g/mol. The second-order valence-electron chi connectivity index (χ2n) is 7.99. The highest BCUT2D eigenvalue weighted by molar-refractivity contribution is 7.89. The molecule has 0 aliphatic rings. The number of sulfonamides is 1. The van der Waals surface area contributed by atoms with Crippen molar-refractivity contribution in [2.45, 2.75) is 11.3 Å². The Kier molecular flexibility index (Phi) is 10.1. The van der Waals surface area contributed by atoms with Crippen molar-refractivity contribution >= 4 is 22.1 Å². The van der Waals surface area contributed by atoms with Gasteiger partial charge in [-0.25, -0.2) is 13.8 Å². The molecule has 0 radical (unpaired) electrons. The summed E-state index contributed by atoms with van der Waals surface area (Å²) >= 11 is 0. The molecule has 0 aliphatic heterocycles. The van der Waals surface area contributed by atoms with Gasteiger partial charge in [0.1, 0.15) is 11.5 Å². The fourth-order valence-electron chi connectivity index (χ4n) is 3.62. The molecule has 0 saturated heterocycles. The molecule has 0 bridgehead atoms. The van der Waals surface area contributed by atoms with Gasteiger partial charge in [-0.3, -0.25) is 4.79 Å². The summed E-state index contributed by atoms with van der Waals surface area (Å²) in [5.41, 5.74) is 3.91. The third-order valence-electron chi connectivity index (χ3n) is 5.64. The summed E-state index contributed by atoms with van der Waals surface area (Å²) in [7, 11) is 1.86. The number of carbonyl (C=O) groups excluding carboxylic acids is 1. The normalized spacial score (nSPS) is 11.4. The van der Waals surface area contributed by atoms with Crippen molar-refractivity contribution in [3.05, 3.63) is 77.9 Å². The second-order valence-corrected chi connectivity index (χ2v) is 9.93. The van der Waals surface area contributed by atoms with Crippen LogP contribution in [0.5, 0.6) is 23.0 Å². The Morgan fingerprint density at radius 1 is 0.868 bits per heavy atom. The number of ether oxygens (including phenoxy) is 4. The Balaban J connectivity index is 1.82. The second kappa shape index (κ2) is 13.5. The number of rotatable bonds is 13. The van der Waals surface area contributed by atoms with E-state index in [9.17, 15) is 13.2 Å². The Morgan fingerprint density at radius 2 is 1.55 bits per heavy atom. The average molecular weight is 542 g/mol. The lowest BCUT2D eigenvalue weighted by Crippen LogP contribution is -2.40. The van der Waals surface area contributed by atoms with Gasteiger partial charge in [0.2, 0.25) is 10.0 Å². The van der Waals surface area contributed by atoms with Crippen molar-refractivity contribution in [2.75, 3.05) is 41.5 Å². The molecule has 0 fully saturated rings. The van der Waals surface area contributed by atoms with Gasteiger partial charge in [0.15, 0.2) is 11.5 Å². The first kappa shape index (κ1) is 28.5. The minimum atomic E-state index is -4.07. The molecular formula is C27H31N3O7S. The molecule has 0 unspecified atom stereocenters. The van der Waals surface area contributed by atoms with Crippen LogP contribution in [0.3, 0.4) is 0 Å². The number of nitrogens with zero attached hydrogens (tertiary/aromatic N) is 2. The van der Waals surface area contributed by atoms with E-state index in [4.69, 9.17) is 18.9 Å². The number of amides is 1. The zero-order valence-corrected chi connectivity index (χ0v) is 22.5. The van der Waals surface area contributed by atoms with Gasteiger partial charge < -0.3 is 18.9 Å². The van der Waals surface area contributed by atoms with E-state index in [0.29, 0.717) is 29.2 Å². The zero-order valence-electron chi connectivity index (χ0n) is 21.7. The van der Waals surface area contributed by atoms with Gasteiger partial charge in [-0.15, -0.1) is 0 Å². The van der Waals surface area contributed by atoms with E-state index >= 15 is 0 Å². The number of hydrogen-bond acceptors (Lipinski definition) is 8. The van der Waals surface area contributed by atoms with Gasteiger partial charge in [-0.2, -0.15) is 9.41 Å². The molecule has 1 amide bonds. The van der Waals surface area contributed by atoms with Crippen molar-refractivity contribution < 1.29 is 32.2 Å². The summed E-state index contributed by atoms with van der Waals surface area (Å²) in [6.07, 6.45) is 1.81. The summed E-state index contributed by atoms with van der Waals surface area (Å²) in [5.74, 6) is 1.16. The highest BCUT2D eigenvalue weighted by Gasteiger charge is 2.27. The van der Waals surface area contributed by atoms with Gasteiger partial charge in [0, 0.05) is 18.2 Å². The number of hydrazone groups is 1. The Labute approximate surface area is 222 Å². The lowest BCUT2D eigenvalue weighted by Gasteiger charge is -2.22. The first-order valence-electron chi connectivity index (χ1n) is 11.6. The number of carbonyl (C=O) groups is 1. The first-order chi connectivity index (χ1) is 18.3. The van der Waals surface area contributed by atoms with Crippen molar-refractivity contribution in [2.24, 2.45) is 5.10 Å². The van der Waals surface area contributed by atoms with Crippen LogP contribution in [0.25, 0.3) is 0 Å². The van der Waals surface area contributed by atoms with Gasteiger partial charge >= 0.3 is 0 Å². The first-order valence-corrected chi connectivity index (χ1v) is 13.1. The Bertz CT molecular complexity index is 1360. The predicted molar refractivity (Wildman–Crippen MR) is 144 cm³/mol. The molecule has 38 heavy (non-hydrogen) atoms. The van der Waals surface area contributed by atoms with E-state index in [1.807, 2.05) is 30.3 Å². The van der Waals surface area contributed by atoms with Crippen LogP contribution in [0.1, 0.15) is 11.1 Å². The molecule has 1 N–H and O–H groups in total. The maximum Gasteiger partial charge on any atom is 0.255 e. The maximum atomic E-state index is 13.6. The molecule has 0 spiro atoms. The van der Waals surface area contributed by atoms with Crippen molar-refractivity contribution in [1.82, 2.24) is 9.73 Å². The minimum absolute atomic E-state index is 0.0272. The third-order valence-corrected chi connectivity index (χ3v) is 7.48. The summed E-state index contributed by atoms with van der Waals surface area (Å²) < 4.78 is 49.3.